The monoisotopic (exact) mass is 387 g/mol. The van der Waals surface area contributed by atoms with Crippen molar-refractivity contribution in [1.82, 2.24) is 14.7 Å². The average molecular weight is 387 g/mol. The van der Waals surface area contributed by atoms with Crippen molar-refractivity contribution < 1.29 is 19.1 Å². The molecule has 7 nitrogen and oxygen atoms in total. The molecule has 7 heteroatoms. The van der Waals surface area contributed by atoms with Gasteiger partial charge >= 0.3 is 12.1 Å². The fraction of sp³-hybridized carbons (Fsp3) is 0.476. The predicted octanol–water partition coefficient (Wildman–Crippen LogP) is 3.78. The molecule has 152 valence electrons. The molecule has 0 radical (unpaired) electrons. The number of ether oxygens (including phenoxy) is 2. The van der Waals surface area contributed by atoms with Crippen molar-refractivity contribution in [3.05, 3.63) is 52.8 Å². The lowest BCUT2D eigenvalue weighted by molar-refractivity contribution is 0.0280. The molecule has 2 rings (SSSR count). The predicted molar refractivity (Wildman–Crippen MR) is 106 cm³/mol. The van der Waals surface area contributed by atoms with Gasteiger partial charge in [0.15, 0.2) is 5.69 Å². The van der Waals surface area contributed by atoms with Gasteiger partial charge in [0.25, 0.3) is 0 Å². The van der Waals surface area contributed by atoms with Crippen LogP contribution < -0.4 is 0 Å². The number of aromatic nitrogens is 2. The summed E-state index contributed by atoms with van der Waals surface area (Å²) in [5, 5.41) is 4.47. The van der Waals surface area contributed by atoms with Crippen molar-refractivity contribution in [2.45, 2.75) is 53.3 Å². The van der Waals surface area contributed by atoms with Gasteiger partial charge in [0.2, 0.25) is 0 Å². The van der Waals surface area contributed by atoms with E-state index in [-0.39, 0.29) is 18.8 Å². The van der Waals surface area contributed by atoms with Gasteiger partial charge < -0.3 is 14.4 Å². The van der Waals surface area contributed by atoms with Crippen molar-refractivity contribution in [1.29, 1.82) is 0 Å². The molecule has 2 aromatic rings. The van der Waals surface area contributed by atoms with E-state index in [1.165, 1.54) is 4.90 Å². The number of carbonyl (C=O) groups is 2. The van der Waals surface area contributed by atoms with Crippen LogP contribution in [0.4, 0.5) is 4.79 Å². The van der Waals surface area contributed by atoms with Crippen molar-refractivity contribution in [3.8, 4) is 0 Å². The smallest absolute Gasteiger partial charge is 0.410 e. The summed E-state index contributed by atoms with van der Waals surface area (Å²) in [7, 11) is 1.66. The van der Waals surface area contributed by atoms with Crippen LogP contribution in [0.3, 0.4) is 0 Å². The van der Waals surface area contributed by atoms with E-state index in [2.05, 4.69) is 5.10 Å². The third kappa shape index (κ3) is 5.58. The lowest BCUT2D eigenvalue weighted by atomic mass is 10.2. The molecule has 0 saturated heterocycles. The minimum Gasteiger partial charge on any atom is -0.461 e. The molecule has 0 aliphatic carbocycles. The summed E-state index contributed by atoms with van der Waals surface area (Å²) in [6.07, 6.45) is -0.433. The SMILES string of the molecule is CCOC(=O)c1nn(Cc2ccccc2)c(CN(C)C(=O)OC(C)(C)C)c1C. The minimum absolute atomic E-state index is 0.264. The maximum absolute atomic E-state index is 12.4. The minimum atomic E-state index is -0.583. The highest BCUT2D eigenvalue weighted by atomic mass is 16.6. The zero-order chi connectivity index (χ0) is 20.9. The van der Waals surface area contributed by atoms with Crippen LogP contribution in [0.1, 0.15) is 55.0 Å². The third-order valence-corrected chi connectivity index (χ3v) is 4.06. The number of carbonyl (C=O) groups excluding carboxylic acids is 2. The van der Waals surface area contributed by atoms with E-state index in [1.54, 1.807) is 18.7 Å². The van der Waals surface area contributed by atoms with Crippen LogP contribution in [-0.4, -0.2) is 46.0 Å². The molecule has 28 heavy (non-hydrogen) atoms. The number of hydrogen-bond acceptors (Lipinski definition) is 5. The van der Waals surface area contributed by atoms with Crippen LogP contribution in [0.15, 0.2) is 30.3 Å². The molecule has 0 aliphatic heterocycles. The fourth-order valence-electron chi connectivity index (χ4n) is 2.70. The van der Waals surface area contributed by atoms with Crippen LogP contribution in [0.25, 0.3) is 0 Å². The zero-order valence-corrected chi connectivity index (χ0v) is 17.5. The first-order valence-electron chi connectivity index (χ1n) is 9.33. The van der Waals surface area contributed by atoms with E-state index in [4.69, 9.17) is 9.47 Å². The van der Waals surface area contributed by atoms with Crippen LogP contribution in [0.2, 0.25) is 0 Å². The van der Waals surface area contributed by atoms with Gasteiger partial charge in [-0.3, -0.25) is 4.68 Å². The second kappa shape index (κ2) is 8.91. The van der Waals surface area contributed by atoms with Crippen LogP contribution >= 0.6 is 0 Å². The Labute approximate surface area is 166 Å². The van der Waals surface area contributed by atoms with Crippen molar-refractivity contribution in [2.75, 3.05) is 13.7 Å². The Hall–Kier alpha value is -2.83. The molecule has 1 aromatic carbocycles. The van der Waals surface area contributed by atoms with Crippen molar-refractivity contribution in [2.24, 2.45) is 0 Å². The Balaban J connectivity index is 2.34. The second-order valence-electron chi connectivity index (χ2n) is 7.62. The van der Waals surface area contributed by atoms with E-state index in [0.717, 1.165) is 11.3 Å². The van der Waals surface area contributed by atoms with Crippen LogP contribution in [0, 0.1) is 6.92 Å². The van der Waals surface area contributed by atoms with E-state index < -0.39 is 17.7 Å². The van der Waals surface area contributed by atoms with Crippen molar-refractivity contribution >= 4 is 12.1 Å². The number of amides is 1. The summed E-state index contributed by atoms with van der Waals surface area (Å²) in [6.45, 7) is 10.1. The quantitative estimate of drug-likeness (QED) is 0.705. The van der Waals surface area contributed by atoms with Gasteiger partial charge in [0, 0.05) is 12.6 Å². The van der Waals surface area contributed by atoms with Gasteiger partial charge in [-0.25, -0.2) is 9.59 Å². The first-order chi connectivity index (χ1) is 13.1. The topological polar surface area (TPSA) is 73.7 Å². The standard InChI is InChI=1S/C21H29N3O4/c1-7-27-19(25)18-15(2)17(14-23(6)20(26)28-21(3,4)5)24(22-18)13-16-11-9-8-10-12-16/h8-12H,7,13-14H2,1-6H3. The molecule has 1 aromatic heterocycles. The maximum atomic E-state index is 12.4. The third-order valence-electron chi connectivity index (χ3n) is 4.06. The highest BCUT2D eigenvalue weighted by molar-refractivity contribution is 5.89. The summed E-state index contributed by atoms with van der Waals surface area (Å²) in [6, 6.07) is 9.82. The van der Waals surface area contributed by atoms with E-state index >= 15 is 0 Å². The summed E-state index contributed by atoms with van der Waals surface area (Å²) in [4.78, 5) is 26.1. The Morgan fingerprint density at radius 3 is 2.39 bits per heavy atom. The van der Waals surface area contributed by atoms with E-state index in [0.29, 0.717) is 12.1 Å². The molecule has 0 aliphatic rings. The van der Waals surface area contributed by atoms with Gasteiger partial charge in [-0.1, -0.05) is 30.3 Å². The number of benzene rings is 1. The van der Waals surface area contributed by atoms with Gasteiger partial charge in [0.05, 0.1) is 25.4 Å². The molecule has 0 bridgehead atoms. The van der Waals surface area contributed by atoms with Crippen LogP contribution in [-0.2, 0) is 22.6 Å². The largest absolute Gasteiger partial charge is 0.461 e. The Bertz CT molecular complexity index is 822. The second-order valence-corrected chi connectivity index (χ2v) is 7.62. The number of hydrogen-bond donors (Lipinski definition) is 0. The number of rotatable bonds is 6. The zero-order valence-electron chi connectivity index (χ0n) is 17.5. The fourth-order valence-corrected chi connectivity index (χ4v) is 2.70. The maximum Gasteiger partial charge on any atom is 0.410 e. The molecule has 0 N–H and O–H groups in total. The molecule has 0 atom stereocenters. The molecular weight excluding hydrogens is 358 g/mol. The van der Waals surface area contributed by atoms with E-state index in [1.807, 2.05) is 58.0 Å². The molecule has 0 fully saturated rings. The Morgan fingerprint density at radius 2 is 1.82 bits per heavy atom. The molecule has 0 saturated carbocycles. The highest BCUT2D eigenvalue weighted by Gasteiger charge is 2.25. The first kappa shape index (κ1) is 21.5. The van der Waals surface area contributed by atoms with Gasteiger partial charge in [0.1, 0.15) is 5.60 Å². The van der Waals surface area contributed by atoms with Gasteiger partial charge in [-0.2, -0.15) is 5.10 Å². The van der Waals surface area contributed by atoms with Crippen LogP contribution in [0.5, 0.6) is 0 Å². The molecular formula is C21H29N3O4. The number of esters is 1. The Kier molecular flexibility index (Phi) is 6.83. The molecule has 0 unspecified atom stereocenters. The molecule has 0 spiro atoms. The summed E-state index contributed by atoms with van der Waals surface area (Å²) in [5.41, 5.74) is 2.19. The summed E-state index contributed by atoms with van der Waals surface area (Å²) >= 11 is 0. The number of nitrogens with zero attached hydrogens (tertiary/aromatic N) is 3. The first-order valence-corrected chi connectivity index (χ1v) is 9.33. The molecule has 1 heterocycles. The lowest BCUT2D eigenvalue weighted by Crippen LogP contribution is -2.34. The lowest BCUT2D eigenvalue weighted by Gasteiger charge is -2.25. The average Bonchev–Trinajstić information content (AvgIpc) is 2.91. The van der Waals surface area contributed by atoms with Crippen molar-refractivity contribution in [3.63, 3.8) is 0 Å². The summed E-state index contributed by atoms with van der Waals surface area (Å²) < 4.78 is 12.3. The highest BCUT2D eigenvalue weighted by Crippen LogP contribution is 2.19. The van der Waals surface area contributed by atoms with E-state index in [9.17, 15) is 9.59 Å². The molecule has 1 amide bonds. The normalized spacial score (nSPS) is 11.2. The summed E-state index contributed by atoms with van der Waals surface area (Å²) in [5.74, 6) is -0.465. The Morgan fingerprint density at radius 1 is 1.18 bits per heavy atom. The van der Waals surface area contributed by atoms with Gasteiger partial charge in [-0.15, -0.1) is 0 Å². The van der Waals surface area contributed by atoms with Gasteiger partial charge in [-0.05, 0) is 40.2 Å².